The summed E-state index contributed by atoms with van der Waals surface area (Å²) in [7, 11) is 2.16. The molecule has 0 aromatic heterocycles. The molecular weight excluding hydrogens is 539 g/mol. The van der Waals surface area contributed by atoms with Crippen molar-refractivity contribution >= 4 is 17.7 Å². The van der Waals surface area contributed by atoms with Crippen LogP contribution in [-0.4, -0.2) is 95.8 Å². The van der Waals surface area contributed by atoms with Crippen molar-refractivity contribution in [3.8, 4) is 6.07 Å². The monoisotopic (exact) mass is 582 g/mol. The number of rotatable bonds is 6. The van der Waals surface area contributed by atoms with E-state index in [1.54, 1.807) is 4.90 Å². The number of halogens is 1. The first-order chi connectivity index (χ1) is 19.9. The van der Waals surface area contributed by atoms with E-state index in [4.69, 9.17) is 4.74 Å². The third kappa shape index (κ3) is 5.95. The van der Waals surface area contributed by atoms with Crippen molar-refractivity contribution < 1.29 is 13.9 Å². The second kappa shape index (κ2) is 12.3. The number of nitriles is 1. The number of nitrogens with zero attached hydrogens (tertiary/aromatic N) is 4. The van der Waals surface area contributed by atoms with Gasteiger partial charge in [0.2, 0.25) is 5.91 Å². The van der Waals surface area contributed by atoms with Crippen molar-refractivity contribution in [3.63, 3.8) is 0 Å². The molecule has 0 radical (unpaired) electrons. The minimum atomic E-state index is -0.936. The fourth-order valence-electron chi connectivity index (χ4n) is 7.88. The summed E-state index contributed by atoms with van der Waals surface area (Å²) >= 11 is 1.87. The number of hydrogen-bond acceptors (Lipinski definition) is 8. The fourth-order valence-corrected chi connectivity index (χ4v) is 9.52. The number of amides is 1. The molecule has 10 heteroatoms. The molecule has 0 bridgehead atoms. The highest BCUT2D eigenvalue weighted by Gasteiger charge is 2.51. The molecule has 1 aliphatic carbocycles. The van der Waals surface area contributed by atoms with Gasteiger partial charge in [0.25, 0.3) is 0 Å². The quantitative estimate of drug-likeness (QED) is 0.493. The second-order valence-electron chi connectivity index (χ2n) is 12.5. The first kappa shape index (κ1) is 29.1. The van der Waals surface area contributed by atoms with Crippen LogP contribution in [0.15, 0.2) is 41.8 Å². The molecule has 4 aliphatic heterocycles. The first-order valence-electron chi connectivity index (χ1n) is 15.2. The first-order valence-corrected chi connectivity index (χ1v) is 16.0. The van der Waals surface area contributed by atoms with Gasteiger partial charge in [0.1, 0.15) is 6.17 Å². The summed E-state index contributed by atoms with van der Waals surface area (Å²) in [6.45, 7) is 7.35. The molecule has 1 saturated carbocycles. The van der Waals surface area contributed by atoms with Crippen molar-refractivity contribution in [2.75, 3.05) is 39.8 Å². The van der Waals surface area contributed by atoms with E-state index in [0.717, 1.165) is 49.2 Å². The number of hydrogen-bond donors (Lipinski definition) is 2. The Hall–Kier alpha value is -2.00. The fraction of sp³-hybridized carbons (Fsp3) is 0.677. The molecule has 222 valence electrons. The van der Waals surface area contributed by atoms with Crippen LogP contribution < -0.4 is 10.6 Å². The number of nitrogens with one attached hydrogen (secondary N) is 2. The van der Waals surface area contributed by atoms with Gasteiger partial charge in [0.15, 0.2) is 6.35 Å². The molecule has 4 fully saturated rings. The van der Waals surface area contributed by atoms with Crippen molar-refractivity contribution in [1.29, 1.82) is 5.26 Å². The van der Waals surface area contributed by atoms with Gasteiger partial charge in [-0.25, -0.2) is 4.39 Å². The number of carbonyl (C=O) groups excluding carboxylic acids is 1. The highest BCUT2D eigenvalue weighted by Crippen LogP contribution is 2.56. The van der Waals surface area contributed by atoms with E-state index in [2.05, 4.69) is 46.2 Å². The van der Waals surface area contributed by atoms with Gasteiger partial charge in [0.05, 0.1) is 31.3 Å². The molecule has 8 nitrogen and oxygen atoms in total. The number of likely N-dealkylation sites (N-methyl/N-ethyl adjacent to an activating group) is 1. The maximum Gasteiger partial charge on any atom is 0.246 e. The Morgan fingerprint density at radius 3 is 2.88 bits per heavy atom. The third-order valence-electron chi connectivity index (χ3n) is 10.1. The minimum absolute atomic E-state index is 0.0501. The van der Waals surface area contributed by atoms with Gasteiger partial charge in [-0.05, 0) is 69.8 Å². The Labute approximate surface area is 247 Å². The van der Waals surface area contributed by atoms with Crippen LogP contribution in [0.4, 0.5) is 4.39 Å². The predicted molar refractivity (Wildman–Crippen MR) is 158 cm³/mol. The number of fused-ring (bicyclic) bond motifs is 2. The maximum absolute atomic E-state index is 15.5. The lowest BCUT2D eigenvalue weighted by molar-refractivity contribution is -0.135. The highest BCUT2D eigenvalue weighted by molar-refractivity contribution is 8.00. The summed E-state index contributed by atoms with van der Waals surface area (Å²) in [6, 6.07) is 10.7. The Morgan fingerprint density at radius 1 is 1.24 bits per heavy atom. The normalized spacial score (nSPS) is 37.8. The standard InChI is InChI=1S/C31H43FN6O2S/c1-3-28(39)38-16-15-37(19-21(38)11-13-33)29-24-10-12-31(17-25(32)23-8-4-5-9-27(23)41-31)18-26(24)34-30(35-29)40-20-22-7-6-14-36(22)2/h3-5,8-9,21-22,24-26,29-30,34-35H,1,6-7,10-12,14-20H2,2H3/t21?,22?,24?,25?,26?,29?,30?,31-/m0/s1. The lowest BCUT2D eigenvalue weighted by atomic mass is 9.72. The Bertz CT molecular complexity index is 1170. The third-order valence-corrected chi connectivity index (χ3v) is 11.7. The van der Waals surface area contributed by atoms with Crippen LogP contribution in [0.5, 0.6) is 0 Å². The van der Waals surface area contributed by atoms with Crippen molar-refractivity contribution in [2.24, 2.45) is 5.92 Å². The molecule has 2 N–H and O–H groups in total. The summed E-state index contributed by atoms with van der Waals surface area (Å²) in [5, 5.41) is 17.1. The molecule has 1 amide bonds. The van der Waals surface area contributed by atoms with Crippen LogP contribution in [0, 0.1) is 17.2 Å². The van der Waals surface area contributed by atoms with Crippen molar-refractivity contribution in [3.05, 3.63) is 42.5 Å². The van der Waals surface area contributed by atoms with Crippen LogP contribution >= 0.6 is 11.8 Å². The topological polar surface area (TPSA) is 83.9 Å². The second-order valence-corrected chi connectivity index (χ2v) is 14.0. The summed E-state index contributed by atoms with van der Waals surface area (Å²) in [6.07, 6.45) is 6.15. The zero-order valence-electron chi connectivity index (χ0n) is 24.0. The lowest BCUT2D eigenvalue weighted by Crippen LogP contribution is -2.72. The highest BCUT2D eigenvalue weighted by atomic mass is 32.2. The molecule has 3 saturated heterocycles. The van der Waals surface area contributed by atoms with E-state index >= 15 is 4.39 Å². The number of carbonyl (C=O) groups is 1. The summed E-state index contributed by atoms with van der Waals surface area (Å²) in [5.74, 6) is 0.202. The van der Waals surface area contributed by atoms with E-state index < -0.39 is 6.17 Å². The zero-order valence-corrected chi connectivity index (χ0v) is 24.8. The van der Waals surface area contributed by atoms with Gasteiger partial charge in [-0.1, -0.05) is 24.8 Å². The summed E-state index contributed by atoms with van der Waals surface area (Å²) in [4.78, 5) is 20.2. The number of likely N-dealkylation sites (tertiary alicyclic amines) is 1. The number of ether oxygens (including phenoxy) is 1. The minimum Gasteiger partial charge on any atom is -0.348 e. The Kier molecular flexibility index (Phi) is 8.74. The number of piperazine rings is 1. The SMILES string of the molecule is C=CC(=O)N1CCN(C2NC(OCC3CCCN3C)NC3C[C@]4(CCC32)CC(F)c2ccccc2S4)CC1CC#N. The van der Waals surface area contributed by atoms with E-state index in [-0.39, 0.29) is 35.3 Å². The predicted octanol–water partition coefficient (Wildman–Crippen LogP) is 3.63. The van der Waals surface area contributed by atoms with Crippen LogP contribution in [0.3, 0.4) is 0 Å². The molecule has 1 spiro atoms. The molecule has 1 aromatic carbocycles. The van der Waals surface area contributed by atoms with E-state index in [0.29, 0.717) is 44.5 Å². The van der Waals surface area contributed by atoms with Gasteiger partial charge >= 0.3 is 0 Å². The van der Waals surface area contributed by atoms with Crippen LogP contribution in [0.25, 0.3) is 0 Å². The number of alkyl halides is 1. The van der Waals surface area contributed by atoms with Crippen LogP contribution in [0.1, 0.15) is 56.7 Å². The molecule has 8 atom stereocenters. The molecule has 4 heterocycles. The average Bonchev–Trinajstić information content (AvgIpc) is 3.39. The summed E-state index contributed by atoms with van der Waals surface area (Å²) in [5.41, 5.74) is 0.832. The Balaban J connectivity index is 1.22. The van der Waals surface area contributed by atoms with E-state index in [1.165, 1.54) is 12.5 Å². The molecule has 7 unspecified atom stereocenters. The largest absolute Gasteiger partial charge is 0.348 e. The zero-order chi connectivity index (χ0) is 28.6. The maximum atomic E-state index is 15.5. The van der Waals surface area contributed by atoms with Gasteiger partial charge < -0.3 is 14.5 Å². The van der Waals surface area contributed by atoms with Crippen molar-refractivity contribution in [1.82, 2.24) is 25.3 Å². The van der Waals surface area contributed by atoms with E-state index in [9.17, 15) is 10.1 Å². The molecule has 5 aliphatic rings. The number of benzene rings is 1. The summed E-state index contributed by atoms with van der Waals surface area (Å²) < 4.78 is 21.9. The van der Waals surface area contributed by atoms with Crippen LogP contribution in [0.2, 0.25) is 0 Å². The Morgan fingerprint density at radius 2 is 2.10 bits per heavy atom. The van der Waals surface area contributed by atoms with E-state index in [1.807, 2.05) is 30.0 Å². The average molecular weight is 583 g/mol. The van der Waals surface area contributed by atoms with Gasteiger partial charge in [0, 0.05) is 47.3 Å². The lowest BCUT2D eigenvalue weighted by Gasteiger charge is -2.56. The smallest absolute Gasteiger partial charge is 0.246 e. The molecule has 41 heavy (non-hydrogen) atoms. The number of thioether (sulfide) groups is 1. The molecule has 6 rings (SSSR count). The molecular formula is C31H43FN6O2S. The molecule has 1 aromatic rings. The van der Waals surface area contributed by atoms with Crippen molar-refractivity contribution in [2.45, 2.75) is 91.4 Å². The van der Waals surface area contributed by atoms with Crippen LogP contribution in [-0.2, 0) is 9.53 Å². The van der Waals surface area contributed by atoms with Gasteiger partial charge in [-0.2, -0.15) is 5.26 Å². The van der Waals surface area contributed by atoms with Gasteiger partial charge in [-0.3, -0.25) is 20.3 Å². The van der Waals surface area contributed by atoms with Gasteiger partial charge in [-0.15, -0.1) is 11.8 Å².